The van der Waals surface area contributed by atoms with Gasteiger partial charge in [0.05, 0.1) is 36.1 Å². The van der Waals surface area contributed by atoms with Crippen LogP contribution >= 0.6 is 0 Å². The van der Waals surface area contributed by atoms with Crippen molar-refractivity contribution in [3.05, 3.63) is 66.2 Å². The van der Waals surface area contributed by atoms with E-state index in [9.17, 15) is 10.1 Å². The maximum absolute atomic E-state index is 12.6. The van der Waals surface area contributed by atoms with E-state index >= 15 is 0 Å². The van der Waals surface area contributed by atoms with Crippen molar-refractivity contribution in [1.82, 2.24) is 24.8 Å². The highest BCUT2D eigenvalue weighted by Gasteiger charge is 2.45. The summed E-state index contributed by atoms with van der Waals surface area (Å²) >= 11 is 0. The summed E-state index contributed by atoms with van der Waals surface area (Å²) < 4.78 is 7.72. The molecule has 2 fully saturated rings. The number of hydrogen-bond donors (Lipinski definition) is 2. The molecule has 0 spiro atoms. The predicted octanol–water partition coefficient (Wildman–Crippen LogP) is 3.98. The van der Waals surface area contributed by atoms with E-state index in [1.807, 2.05) is 16.7 Å². The Labute approximate surface area is 215 Å². The third-order valence-electron chi connectivity index (χ3n) is 7.12. The van der Waals surface area contributed by atoms with Crippen molar-refractivity contribution in [3.8, 4) is 17.3 Å². The fraction of sp³-hybridized carbons (Fsp3) is 0.357. The molecule has 9 nitrogen and oxygen atoms in total. The van der Waals surface area contributed by atoms with Gasteiger partial charge in [-0.05, 0) is 57.0 Å². The topological polar surface area (TPSA) is 112 Å². The van der Waals surface area contributed by atoms with Crippen LogP contribution < -0.4 is 10.2 Å². The fourth-order valence-electron chi connectivity index (χ4n) is 5.05. The number of rotatable bonds is 6. The van der Waals surface area contributed by atoms with Gasteiger partial charge < -0.3 is 24.5 Å². The number of fused-ring (bicyclic) bond motifs is 1. The molecule has 3 aromatic heterocycles. The molecule has 9 heteroatoms. The van der Waals surface area contributed by atoms with Gasteiger partial charge in [-0.15, -0.1) is 0 Å². The lowest BCUT2D eigenvalue weighted by atomic mass is 10.1. The highest BCUT2D eigenvalue weighted by Crippen LogP contribution is 2.42. The highest BCUT2D eigenvalue weighted by molar-refractivity contribution is 5.94. The Morgan fingerprint density at radius 3 is 2.76 bits per heavy atom. The second-order valence-corrected chi connectivity index (χ2v) is 10.1. The molecule has 2 aliphatic rings. The Bertz CT molecular complexity index is 1500. The van der Waals surface area contributed by atoms with E-state index in [2.05, 4.69) is 64.4 Å². The van der Waals surface area contributed by atoms with Crippen molar-refractivity contribution in [2.75, 3.05) is 18.0 Å². The maximum atomic E-state index is 12.6. The summed E-state index contributed by atoms with van der Waals surface area (Å²) in [7, 11) is 0. The second kappa shape index (κ2) is 9.05. The molecule has 188 valence electrons. The molecule has 1 unspecified atom stereocenters. The van der Waals surface area contributed by atoms with Crippen LogP contribution in [0.15, 0.2) is 54.9 Å². The molecular formula is C28H29N7O2. The number of aromatic amines is 1. The van der Waals surface area contributed by atoms with Gasteiger partial charge in [0, 0.05) is 36.7 Å². The number of morpholine rings is 1. The lowest BCUT2D eigenvalue weighted by Crippen LogP contribution is -2.45. The lowest BCUT2D eigenvalue weighted by molar-refractivity contribution is -0.00521. The third-order valence-corrected chi connectivity index (χ3v) is 7.12. The number of ether oxygens (including phenoxy) is 1. The number of hydrogen-bond acceptors (Lipinski definition) is 6. The summed E-state index contributed by atoms with van der Waals surface area (Å²) in [5.74, 6) is 0.429. The summed E-state index contributed by atoms with van der Waals surface area (Å²) in [5.41, 5.74) is 4.53. The number of nitriles is 1. The van der Waals surface area contributed by atoms with Crippen LogP contribution in [0.3, 0.4) is 0 Å². The molecule has 1 aliphatic carbocycles. The first-order valence-electron chi connectivity index (χ1n) is 12.7. The number of nitrogens with zero attached hydrogens (tertiary/aromatic N) is 5. The number of aromatic nitrogens is 4. The van der Waals surface area contributed by atoms with E-state index < -0.39 is 5.54 Å². The van der Waals surface area contributed by atoms with Gasteiger partial charge in [0.1, 0.15) is 16.9 Å². The molecule has 1 aliphatic heterocycles. The van der Waals surface area contributed by atoms with E-state index in [4.69, 9.17) is 9.72 Å². The number of amides is 1. The summed E-state index contributed by atoms with van der Waals surface area (Å²) in [5, 5.41) is 12.3. The zero-order valence-corrected chi connectivity index (χ0v) is 20.9. The van der Waals surface area contributed by atoms with Crippen LogP contribution in [0.25, 0.3) is 22.4 Å². The zero-order chi connectivity index (χ0) is 25.6. The minimum absolute atomic E-state index is 0.193. The van der Waals surface area contributed by atoms with E-state index in [-0.39, 0.29) is 24.7 Å². The number of anilines is 1. The highest BCUT2D eigenvalue weighted by atomic mass is 16.5. The number of carbonyl (C=O) groups excluding carboxylic acids is 1. The third kappa shape index (κ3) is 4.56. The molecule has 1 amide bonds. The predicted molar refractivity (Wildman–Crippen MR) is 140 cm³/mol. The van der Waals surface area contributed by atoms with Crippen LogP contribution in [0.1, 0.15) is 42.9 Å². The maximum Gasteiger partial charge on any atom is 0.253 e. The Hall–Kier alpha value is -4.16. The molecule has 6 rings (SSSR count). The van der Waals surface area contributed by atoms with Crippen LogP contribution in [0.2, 0.25) is 0 Å². The van der Waals surface area contributed by atoms with Crippen LogP contribution in [-0.4, -0.2) is 50.7 Å². The summed E-state index contributed by atoms with van der Waals surface area (Å²) in [6.07, 6.45) is 5.57. The molecule has 1 saturated heterocycles. The second-order valence-electron chi connectivity index (χ2n) is 10.1. The molecule has 4 heterocycles. The van der Waals surface area contributed by atoms with Crippen LogP contribution in [0.5, 0.6) is 0 Å². The number of H-pyrrole nitrogens is 1. The number of benzene rings is 1. The quantitative estimate of drug-likeness (QED) is 0.418. The molecule has 2 atom stereocenters. The molecular weight excluding hydrogens is 466 g/mol. The van der Waals surface area contributed by atoms with E-state index in [0.29, 0.717) is 17.0 Å². The first kappa shape index (κ1) is 23.3. The lowest BCUT2D eigenvalue weighted by Gasteiger charge is -2.37. The number of carbonyl (C=O) groups is 1. The molecule has 37 heavy (non-hydrogen) atoms. The summed E-state index contributed by atoms with van der Waals surface area (Å²) in [4.78, 5) is 27.6. The first-order valence-corrected chi connectivity index (χ1v) is 12.7. The molecule has 1 aromatic carbocycles. The van der Waals surface area contributed by atoms with Crippen molar-refractivity contribution in [2.24, 2.45) is 0 Å². The van der Waals surface area contributed by atoms with Gasteiger partial charge in [-0.1, -0.05) is 12.1 Å². The Morgan fingerprint density at radius 2 is 2.00 bits per heavy atom. The molecule has 1 saturated carbocycles. The minimum Gasteiger partial charge on any atom is -0.372 e. The van der Waals surface area contributed by atoms with Gasteiger partial charge in [-0.25, -0.2) is 9.97 Å². The number of imidazole rings is 1. The average Bonchev–Trinajstić information content (AvgIpc) is 3.34. The Balaban J connectivity index is 1.15. The number of nitrogens with one attached hydrogen (secondary N) is 2. The molecule has 0 bridgehead atoms. The summed E-state index contributed by atoms with van der Waals surface area (Å²) in [6.45, 7) is 6.18. The van der Waals surface area contributed by atoms with Gasteiger partial charge in [0.25, 0.3) is 5.91 Å². The van der Waals surface area contributed by atoms with Gasteiger partial charge in [0.15, 0.2) is 5.65 Å². The molecule has 4 aromatic rings. The SMILES string of the molecule is CC1CN(c2cccc(-c3ccc4nc(CNC(=O)c5ccn(C6(C#N)CC6)c5)[nH]c4n3)c2)C[C@@H](C)O1. The van der Waals surface area contributed by atoms with Crippen molar-refractivity contribution in [3.63, 3.8) is 0 Å². The van der Waals surface area contributed by atoms with E-state index in [1.54, 1.807) is 18.5 Å². The normalized spacial score (nSPS) is 20.5. The molecule has 2 N–H and O–H groups in total. The van der Waals surface area contributed by atoms with Crippen molar-refractivity contribution in [1.29, 1.82) is 5.26 Å². The first-order chi connectivity index (χ1) is 17.9. The van der Waals surface area contributed by atoms with E-state index in [0.717, 1.165) is 48.4 Å². The Morgan fingerprint density at radius 1 is 1.19 bits per heavy atom. The van der Waals surface area contributed by atoms with E-state index in [1.165, 1.54) is 0 Å². The zero-order valence-electron chi connectivity index (χ0n) is 20.9. The van der Waals surface area contributed by atoms with Crippen molar-refractivity contribution < 1.29 is 9.53 Å². The smallest absolute Gasteiger partial charge is 0.253 e. The molecule has 0 radical (unpaired) electrons. The Kier molecular flexibility index (Phi) is 5.69. The van der Waals surface area contributed by atoms with Crippen LogP contribution in [0, 0.1) is 11.3 Å². The minimum atomic E-state index is -0.473. The fourth-order valence-corrected chi connectivity index (χ4v) is 5.05. The van der Waals surface area contributed by atoms with Gasteiger partial charge >= 0.3 is 0 Å². The largest absolute Gasteiger partial charge is 0.372 e. The monoisotopic (exact) mass is 495 g/mol. The van der Waals surface area contributed by atoms with Crippen LogP contribution in [-0.2, 0) is 16.8 Å². The van der Waals surface area contributed by atoms with Crippen LogP contribution in [0.4, 0.5) is 5.69 Å². The van der Waals surface area contributed by atoms with Crippen molar-refractivity contribution >= 4 is 22.8 Å². The van der Waals surface area contributed by atoms with Gasteiger partial charge in [-0.2, -0.15) is 5.26 Å². The van der Waals surface area contributed by atoms with Gasteiger partial charge in [-0.3, -0.25) is 4.79 Å². The summed E-state index contributed by atoms with van der Waals surface area (Å²) in [6, 6.07) is 16.4. The standard InChI is InChI=1S/C28H29N7O2/c1-18-14-34(15-19(2)37-18)22-5-3-4-20(12-22)23-6-7-24-26(32-23)33-25(31-24)13-30-27(36)21-8-11-35(16-21)28(17-29)9-10-28/h3-8,11-12,16,18-19H,9-10,13-15H2,1-2H3,(H,30,36)(H,31,32,33)/t18-,19?/m1/s1. The number of pyridine rings is 1. The average molecular weight is 496 g/mol. The van der Waals surface area contributed by atoms with Crippen molar-refractivity contribution in [2.45, 2.75) is 51.0 Å². The van der Waals surface area contributed by atoms with Gasteiger partial charge in [0.2, 0.25) is 0 Å².